The summed E-state index contributed by atoms with van der Waals surface area (Å²) in [6.07, 6.45) is 4.12. The minimum absolute atomic E-state index is 0.171. The van der Waals surface area contributed by atoms with E-state index in [4.69, 9.17) is 5.73 Å². The number of nitrogens with two attached hydrogens (primary N) is 1. The van der Waals surface area contributed by atoms with Gasteiger partial charge in [0.15, 0.2) is 0 Å². The number of hydrogen-bond acceptors (Lipinski definition) is 2. The molecule has 0 bridgehead atoms. The molecule has 0 radical (unpaired) electrons. The summed E-state index contributed by atoms with van der Waals surface area (Å²) in [5.74, 6) is 0.737. The van der Waals surface area contributed by atoms with Gasteiger partial charge in [-0.1, -0.05) is 37.6 Å². The lowest BCUT2D eigenvalue weighted by Gasteiger charge is -2.15. The van der Waals surface area contributed by atoms with E-state index in [1.54, 1.807) is 6.20 Å². The zero-order valence-corrected chi connectivity index (χ0v) is 12.9. The molecule has 1 heterocycles. The van der Waals surface area contributed by atoms with Crippen LogP contribution in [0.3, 0.4) is 0 Å². The number of nitrogen functional groups attached to an aromatic ring is 1. The third-order valence-corrected chi connectivity index (χ3v) is 3.99. The molecule has 1 aromatic heterocycles. The van der Waals surface area contributed by atoms with Crippen LogP contribution in [0.4, 0.5) is 5.82 Å². The van der Waals surface area contributed by atoms with Gasteiger partial charge < -0.3 is 5.73 Å². The van der Waals surface area contributed by atoms with Crippen molar-refractivity contribution in [2.24, 2.45) is 0 Å². The van der Waals surface area contributed by atoms with Crippen molar-refractivity contribution in [1.29, 1.82) is 0 Å². The summed E-state index contributed by atoms with van der Waals surface area (Å²) in [7, 11) is 0. The second-order valence-corrected chi connectivity index (χ2v) is 5.65. The molecule has 0 saturated heterocycles. The Balaban J connectivity index is 2.23. The van der Waals surface area contributed by atoms with E-state index in [0.29, 0.717) is 0 Å². The van der Waals surface area contributed by atoms with Crippen LogP contribution in [0, 0.1) is 3.57 Å². The molecule has 0 aliphatic carbocycles. The zero-order valence-electron chi connectivity index (χ0n) is 10.7. The highest BCUT2D eigenvalue weighted by Gasteiger charge is 2.13. The number of rotatable bonds is 4. The first kappa shape index (κ1) is 13.4. The molecule has 2 rings (SSSR count). The van der Waals surface area contributed by atoms with Crippen molar-refractivity contribution in [2.45, 2.75) is 32.7 Å². The molecule has 1 unspecified atom stereocenters. The fraction of sp³-hybridized carbons (Fsp3) is 0.357. The monoisotopic (exact) mass is 355 g/mol. The van der Waals surface area contributed by atoms with Gasteiger partial charge in [0.05, 0.1) is 15.8 Å². The van der Waals surface area contributed by atoms with E-state index in [9.17, 15) is 0 Å². The van der Waals surface area contributed by atoms with E-state index in [0.717, 1.165) is 15.8 Å². The van der Waals surface area contributed by atoms with Crippen LogP contribution in [0.5, 0.6) is 0 Å². The lowest BCUT2D eigenvalue weighted by Crippen LogP contribution is -2.11. The molecule has 0 aliphatic rings. The summed E-state index contributed by atoms with van der Waals surface area (Å²) >= 11 is 2.21. The van der Waals surface area contributed by atoms with Crippen molar-refractivity contribution in [1.82, 2.24) is 9.78 Å². The smallest absolute Gasteiger partial charge is 0.135 e. The Morgan fingerprint density at radius 3 is 2.50 bits per heavy atom. The molecule has 0 fully saturated rings. The number of aryl methyl sites for hydroxylation is 1. The van der Waals surface area contributed by atoms with Crippen LogP contribution < -0.4 is 5.73 Å². The first-order chi connectivity index (χ1) is 8.63. The normalized spacial score (nSPS) is 12.6. The molecule has 18 heavy (non-hydrogen) atoms. The van der Waals surface area contributed by atoms with Crippen LogP contribution in [0.25, 0.3) is 0 Å². The van der Waals surface area contributed by atoms with E-state index in [2.05, 4.69) is 65.8 Å². The summed E-state index contributed by atoms with van der Waals surface area (Å²) in [4.78, 5) is 0. The van der Waals surface area contributed by atoms with Gasteiger partial charge >= 0.3 is 0 Å². The van der Waals surface area contributed by atoms with Crippen molar-refractivity contribution in [3.05, 3.63) is 45.2 Å². The Hall–Kier alpha value is -1.04. The van der Waals surface area contributed by atoms with Gasteiger partial charge in [0, 0.05) is 0 Å². The largest absolute Gasteiger partial charge is 0.383 e. The molecule has 96 valence electrons. The number of aromatic nitrogens is 2. The zero-order chi connectivity index (χ0) is 13.1. The van der Waals surface area contributed by atoms with Crippen LogP contribution in [-0.4, -0.2) is 9.78 Å². The highest BCUT2D eigenvalue weighted by Crippen LogP contribution is 2.23. The lowest BCUT2D eigenvalue weighted by atomic mass is 10.0. The molecular weight excluding hydrogens is 337 g/mol. The number of nitrogens with zero attached hydrogens (tertiary/aromatic N) is 2. The number of halogens is 1. The van der Waals surface area contributed by atoms with E-state index in [-0.39, 0.29) is 6.04 Å². The van der Waals surface area contributed by atoms with Gasteiger partial charge in [-0.3, -0.25) is 0 Å². The van der Waals surface area contributed by atoms with Gasteiger partial charge in [-0.15, -0.1) is 0 Å². The maximum Gasteiger partial charge on any atom is 0.135 e. The van der Waals surface area contributed by atoms with E-state index < -0.39 is 0 Å². The van der Waals surface area contributed by atoms with Crippen molar-refractivity contribution < 1.29 is 0 Å². The SMILES string of the molecule is CCCc1ccc(C(C)n2ncc(I)c2N)cc1. The summed E-state index contributed by atoms with van der Waals surface area (Å²) in [5.41, 5.74) is 8.63. The maximum absolute atomic E-state index is 6.01. The first-order valence-corrected chi connectivity index (χ1v) is 7.28. The average molecular weight is 355 g/mol. The van der Waals surface area contributed by atoms with Gasteiger partial charge in [-0.2, -0.15) is 5.10 Å². The molecule has 4 heteroatoms. The van der Waals surface area contributed by atoms with Crippen molar-refractivity contribution in [3.63, 3.8) is 0 Å². The van der Waals surface area contributed by atoms with Gasteiger partial charge in [-0.05, 0) is 47.1 Å². The van der Waals surface area contributed by atoms with Crippen LogP contribution in [0.2, 0.25) is 0 Å². The van der Waals surface area contributed by atoms with E-state index in [1.165, 1.54) is 17.5 Å². The van der Waals surface area contributed by atoms with Crippen LogP contribution in [0.15, 0.2) is 30.5 Å². The first-order valence-electron chi connectivity index (χ1n) is 6.20. The maximum atomic E-state index is 6.01. The van der Waals surface area contributed by atoms with Crippen LogP contribution in [0.1, 0.15) is 37.4 Å². The molecule has 1 aromatic carbocycles. The Morgan fingerprint density at radius 2 is 2.00 bits per heavy atom. The molecule has 0 aliphatic heterocycles. The molecule has 0 amide bonds. The Kier molecular flexibility index (Phi) is 4.27. The Labute approximate surface area is 122 Å². The van der Waals surface area contributed by atoms with E-state index >= 15 is 0 Å². The molecule has 0 spiro atoms. The Bertz CT molecular complexity index is 516. The third kappa shape index (κ3) is 2.68. The molecule has 0 saturated carbocycles. The minimum Gasteiger partial charge on any atom is -0.383 e. The highest BCUT2D eigenvalue weighted by molar-refractivity contribution is 14.1. The molecular formula is C14H18IN3. The predicted octanol–water partition coefficient (Wildman–Crippen LogP) is 3.63. The van der Waals surface area contributed by atoms with Crippen LogP contribution in [-0.2, 0) is 6.42 Å². The number of benzene rings is 1. The average Bonchev–Trinajstić information content (AvgIpc) is 2.71. The van der Waals surface area contributed by atoms with Crippen LogP contribution >= 0.6 is 22.6 Å². The van der Waals surface area contributed by atoms with E-state index in [1.807, 2.05) is 4.68 Å². The molecule has 2 N–H and O–H groups in total. The van der Waals surface area contributed by atoms with Gasteiger partial charge in [0.1, 0.15) is 5.82 Å². The standard InChI is InChI=1S/C14H18IN3/c1-3-4-11-5-7-12(8-6-11)10(2)18-14(16)13(15)9-17-18/h5-10H,3-4,16H2,1-2H3. The molecule has 3 nitrogen and oxygen atoms in total. The quantitative estimate of drug-likeness (QED) is 0.852. The van der Waals surface area contributed by atoms with Crippen molar-refractivity contribution >= 4 is 28.4 Å². The fourth-order valence-electron chi connectivity index (χ4n) is 2.05. The number of anilines is 1. The topological polar surface area (TPSA) is 43.8 Å². The number of hydrogen-bond donors (Lipinski definition) is 1. The summed E-state index contributed by atoms with van der Waals surface area (Å²) in [6, 6.07) is 8.90. The third-order valence-electron chi connectivity index (χ3n) is 3.15. The van der Waals surface area contributed by atoms with Crippen molar-refractivity contribution in [2.75, 3.05) is 5.73 Å². The van der Waals surface area contributed by atoms with Gasteiger partial charge in [-0.25, -0.2) is 4.68 Å². The Morgan fingerprint density at radius 1 is 1.33 bits per heavy atom. The molecule has 1 atom stereocenters. The predicted molar refractivity (Wildman–Crippen MR) is 83.6 cm³/mol. The minimum atomic E-state index is 0.171. The fourth-order valence-corrected chi connectivity index (χ4v) is 2.42. The lowest BCUT2D eigenvalue weighted by molar-refractivity contribution is 0.573. The second-order valence-electron chi connectivity index (χ2n) is 4.49. The summed E-state index contributed by atoms with van der Waals surface area (Å²) in [5, 5.41) is 4.33. The molecule has 2 aromatic rings. The van der Waals surface area contributed by atoms with Gasteiger partial charge in [0.25, 0.3) is 0 Å². The van der Waals surface area contributed by atoms with Gasteiger partial charge in [0.2, 0.25) is 0 Å². The summed E-state index contributed by atoms with van der Waals surface area (Å²) in [6.45, 7) is 4.32. The highest BCUT2D eigenvalue weighted by atomic mass is 127. The second kappa shape index (κ2) is 5.73. The summed E-state index contributed by atoms with van der Waals surface area (Å²) < 4.78 is 2.87. The van der Waals surface area contributed by atoms with Crippen molar-refractivity contribution in [3.8, 4) is 0 Å².